The standard InChI is InChI=1S/C16H22N2O4S/c1-11-9-18(10-12(2)22-11)23(20,21)15-5-3-4-13(8-15)16(19)17-14-6-7-14/h3-5,8,11-12,14H,6-7,9-10H2,1-2H3,(H,17,19)/t11-,12-/m1/s1. The summed E-state index contributed by atoms with van der Waals surface area (Å²) in [4.78, 5) is 12.3. The first kappa shape index (κ1) is 16.4. The van der Waals surface area contributed by atoms with Gasteiger partial charge in [-0.1, -0.05) is 6.07 Å². The SMILES string of the molecule is C[C@@H]1CN(S(=O)(=O)c2cccc(C(=O)NC3CC3)c2)C[C@@H](C)O1. The molecule has 0 radical (unpaired) electrons. The van der Waals surface area contributed by atoms with E-state index < -0.39 is 10.0 Å². The van der Waals surface area contributed by atoms with Gasteiger partial charge in [0, 0.05) is 24.7 Å². The average Bonchev–Trinajstić information content (AvgIpc) is 3.30. The molecule has 1 saturated carbocycles. The van der Waals surface area contributed by atoms with Crippen molar-refractivity contribution in [3.8, 4) is 0 Å². The van der Waals surface area contributed by atoms with E-state index in [0.717, 1.165) is 12.8 Å². The van der Waals surface area contributed by atoms with Gasteiger partial charge in [-0.3, -0.25) is 4.79 Å². The molecule has 1 amide bonds. The number of amides is 1. The molecule has 23 heavy (non-hydrogen) atoms. The Morgan fingerprint density at radius 1 is 1.22 bits per heavy atom. The quantitative estimate of drug-likeness (QED) is 0.900. The Kier molecular flexibility index (Phi) is 4.44. The van der Waals surface area contributed by atoms with Crippen LogP contribution in [0.15, 0.2) is 29.2 Å². The van der Waals surface area contributed by atoms with Crippen molar-refractivity contribution in [2.24, 2.45) is 0 Å². The van der Waals surface area contributed by atoms with Gasteiger partial charge in [-0.15, -0.1) is 0 Å². The minimum atomic E-state index is -3.62. The summed E-state index contributed by atoms with van der Waals surface area (Å²) in [5.41, 5.74) is 0.382. The first-order valence-electron chi connectivity index (χ1n) is 7.93. The molecule has 1 aromatic carbocycles. The monoisotopic (exact) mass is 338 g/mol. The maximum Gasteiger partial charge on any atom is 0.251 e. The number of ether oxygens (including phenoxy) is 1. The van der Waals surface area contributed by atoms with E-state index in [4.69, 9.17) is 4.74 Å². The predicted octanol–water partition coefficient (Wildman–Crippen LogP) is 1.38. The molecular formula is C16H22N2O4S. The molecule has 7 heteroatoms. The van der Waals surface area contributed by atoms with Gasteiger partial charge in [0.1, 0.15) is 0 Å². The fourth-order valence-electron chi connectivity index (χ4n) is 2.77. The average molecular weight is 338 g/mol. The third-order valence-electron chi connectivity index (χ3n) is 4.03. The van der Waals surface area contributed by atoms with Gasteiger partial charge < -0.3 is 10.1 Å². The van der Waals surface area contributed by atoms with Crippen LogP contribution in [0.4, 0.5) is 0 Å². The van der Waals surface area contributed by atoms with Crippen molar-refractivity contribution in [2.45, 2.75) is 49.8 Å². The smallest absolute Gasteiger partial charge is 0.251 e. The topological polar surface area (TPSA) is 75.7 Å². The Bertz CT molecular complexity index is 690. The molecule has 0 unspecified atom stereocenters. The second-order valence-electron chi connectivity index (χ2n) is 6.35. The normalized spacial score (nSPS) is 26.0. The molecule has 2 aliphatic rings. The number of morpholine rings is 1. The number of hydrogen-bond acceptors (Lipinski definition) is 4. The van der Waals surface area contributed by atoms with Gasteiger partial charge in [0.15, 0.2) is 0 Å². The van der Waals surface area contributed by atoms with Crippen LogP contribution in [0.2, 0.25) is 0 Å². The van der Waals surface area contributed by atoms with Gasteiger partial charge in [-0.2, -0.15) is 4.31 Å². The third-order valence-corrected chi connectivity index (χ3v) is 5.86. The first-order chi connectivity index (χ1) is 10.9. The van der Waals surface area contributed by atoms with Crippen molar-refractivity contribution < 1.29 is 17.9 Å². The highest BCUT2D eigenvalue weighted by molar-refractivity contribution is 7.89. The summed E-state index contributed by atoms with van der Waals surface area (Å²) in [6, 6.07) is 6.48. The Morgan fingerprint density at radius 2 is 1.87 bits per heavy atom. The highest BCUT2D eigenvalue weighted by Crippen LogP contribution is 2.23. The third kappa shape index (κ3) is 3.73. The van der Waals surface area contributed by atoms with Crippen molar-refractivity contribution in [3.05, 3.63) is 29.8 Å². The number of carbonyl (C=O) groups excluding carboxylic acids is 1. The van der Waals surface area contributed by atoms with Crippen LogP contribution in [0.5, 0.6) is 0 Å². The summed E-state index contributed by atoms with van der Waals surface area (Å²) in [6.07, 6.45) is 1.70. The Morgan fingerprint density at radius 3 is 2.48 bits per heavy atom. The molecule has 0 spiro atoms. The minimum Gasteiger partial charge on any atom is -0.373 e. The van der Waals surface area contributed by atoms with Gasteiger partial charge in [0.25, 0.3) is 5.91 Å². The predicted molar refractivity (Wildman–Crippen MR) is 85.7 cm³/mol. The van der Waals surface area contributed by atoms with Gasteiger partial charge >= 0.3 is 0 Å². The van der Waals surface area contributed by atoms with Crippen molar-refractivity contribution >= 4 is 15.9 Å². The van der Waals surface area contributed by atoms with E-state index in [1.807, 2.05) is 13.8 Å². The number of nitrogens with zero attached hydrogens (tertiary/aromatic N) is 1. The summed E-state index contributed by atoms with van der Waals surface area (Å²) < 4.78 is 32.7. The van der Waals surface area contributed by atoms with E-state index in [1.54, 1.807) is 12.1 Å². The van der Waals surface area contributed by atoms with Crippen LogP contribution in [0.1, 0.15) is 37.0 Å². The fourth-order valence-corrected chi connectivity index (χ4v) is 4.41. The van der Waals surface area contributed by atoms with Crippen LogP contribution in [-0.4, -0.2) is 50.0 Å². The van der Waals surface area contributed by atoms with E-state index in [1.165, 1.54) is 16.4 Å². The molecule has 1 N–H and O–H groups in total. The number of sulfonamides is 1. The van der Waals surface area contributed by atoms with Crippen molar-refractivity contribution in [1.82, 2.24) is 9.62 Å². The summed E-state index contributed by atoms with van der Waals surface area (Å²) >= 11 is 0. The zero-order valence-electron chi connectivity index (χ0n) is 13.4. The summed E-state index contributed by atoms with van der Waals surface area (Å²) in [6.45, 7) is 4.37. The second kappa shape index (κ2) is 6.22. The van der Waals surface area contributed by atoms with Crippen LogP contribution in [0, 0.1) is 0 Å². The number of rotatable bonds is 4. The first-order valence-corrected chi connectivity index (χ1v) is 9.37. The van der Waals surface area contributed by atoms with Gasteiger partial charge in [-0.05, 0) is 44.9 Å². The van der Waals surface area contributed by atoms with Crippen molar-refractivity contribution in [1.29, 1.82) is 0 Å². The minimum absolute atomic E-state index is 0.144. The van der Waals surface area contributed by atoms with Gasteiger partial charge in [-0.25, -0.2) is 8.42 Å². The van der Waals surface area contributed by atoms with Crippen molar-refractivity contribution in [3.63, 3.8) is 0 Å². The highest BCUT2D eigenvalue weighted by Gasteiger charge is 2.32. The lowest BCUT2D eigenvalue weighted by molar-refractivity contribution is -0.0440. The van der Waals surface area contributed by atoms with Crippen LogP contribution < -0.4 is 5.32 Å². The molecule has 1 heterocycles. The van der Waals surface area contributed by atoms with Crippen LogP contribution in [0.3, 0.4) is 0 Å². The Labute approximate surface area is 136 Å². The van der Waals surface area contributed by atoms with E-state index >= 15 is 0 Å². The van der Waals surface area contributed by atoms with E-state index in [2.05, 4.69) is 5.32 Å². The van der Waals surface area contributed by atoms with Crippen LogP contribution in [0.25, 0.3) is 0 Å². The summed E-state index contributed by atoms with van der Waals surface area (Å²) in [7, 11) is -3.62. The van der Waals surface area contributed by atoms with Crippen molar-refractivity contribution in [2.75, 3.05) is 13.1 Å². The molecule has 1 saturated heterocycles. The molecule has 3 rings (SSSR count). The van der Waals surface area contributed by atoms with Gasteiger partial charge in [0.2, 0.25) is 10.0 Å². The van der Waals surface area contributed by atoms with Gasteiger partial charge in [0.05, 0.1) is 17.1 Å². The zero-order chi connectivity index (χ0) is 16.6. The number of nitrogens with one attached hydrogen (secondary N) is 1. The fraction of sp³-hybridized carbons (Fsp3) is 0.562. The number of carbonyl (C=O) groups is 1. The molecule has 2 atom stereocenters. The van der Waals surface area contributed by atoms with Crippen LogP contribution in [-0.2, 0) is 14.8 Å². The molecular weight excluding hydrogens is 316 g/mol. The maximum absolute atomic E-state index is 12.8. The van der Waals surface area contributed by atoms with E-state index in [9.17, 15) is 13.2 Å². The number of hydrogen-bond donors (Lipinski definition) is 1. The molecule has 6 nitrogen and oxygen atoms in total. The summed E-state index contributed by atoms with van der Waals surface area (Å²) in [5.74, 6) is -0.215. The lowest BCUT2D eigenvalue weighted by Gasteiger charge is -2.34. The summed E-state index contributed by atoms with van der Waals surface area (Å²) in [5, 5.41) is 2.88. The van der Waals surface area contributed by atoms with Crippen LogP contribution >= 0.6 is 0 Å². The Balaban J connectivity index is 1.83. The largest absolute Gasteiger partial charge is 0.373 e. The second-order valence-corrected chi connectivity index (χ2v) is 8.29. The Hall–Kier alpha value is -1.44. The lowest BCUT2D eigenvalue weighted by atomic mass is 10.2. The molecule has 126 valence electrons. The molecule has 2 fully saturated rings. The lowest BCUT2D eigenvalue weighted by Crippen LogP contribution is -2.48. The van der Waals surface area contributed by atoms with E-state index in [0.29, 0.717) is 18.7 Å². The molecule has 1 aromatic rings. The zero-order valence-corrected chi connectivity index (χ0v) is 14.2. The van der Waals surface area contributed by atoms with E-state index in [-0.39, 0.29) is 29.1 Å². The maximum atomic E-state index is 12.8. The number of benzene rings is 1. The molecule has 1 aliphatic heterocycles. The molecule has 0 aromatic heterocycles. The molecule has 0 bridgehead atoms. The molecule has 1 aliphatic carbocycles. The highest BCUT2D eigenvalue weighted by atomic mass is 32.2.